The summed E-state index contributed by atoms with van der Waals surface area (Å²) >= 11 is 0. The second-order valence-electron chi connectivity index (χ2n) is 8.36. The topological polar surface area (TPSA) is 70.2 Å². The maximum absolute atomic E-state index is 13.5. The summed E-state index contributed by atoms with van der Waals surface area (Å²) in [4.78, 5) is 0.357. The molecule has 164 valence electrons. The van der Waals surface area contributed by atoms with Gasteiger partial charge in [-0.25, -0.2) is 13.1 Å². The Morgan fingerprint density at radius 2 is 1.61 bits per heavy atom. The maximum Gasteiger partial charge on any atom is 0.241 e. The summed E-state index contributed by atoms with van der Waals surface area (Å²) in [5.41, 5.74) is 2.27. The van der Waals surface area contributed by atoms with Crippen LogP contribution in [0.15, 0.2) is 71.6 Å². The van der Waals surface area contributed by atoms with Gasteiger partial charge in [0.25, 0.3) is 0 Å². The zero-order valence-corrected chi connectivity index (χ0v) is 18.8. The van der Waals surface area contributed by atoms with E-state index >= 15 is 0 Å². The molecule has 1 aliphatic rings. The van der Waals surface area contributed by atoms with E-state index in [0.717, 1.165) is 48.8 Å². The Bertz CT molecular complexity index is 1110. The predicted octanol–water partition coefficient (Wildman–Crippen LogP) is 3.58. The van der Waals surface area contributed by atoms with E-state index in [1.54, 1.807) is 6.07 Å². The second-order valence-corrected chi connectivity index (χ2v) is 10.0. The van der Waals surface area contributed by atoms with E-state index in [2.05, 4.69) is 27.5 Å². The second kappa shape index (κ2) is 9.92. The number of sulfonamides is 1. The van der Waals surface area contributed by atoms with Gasteiger partial charge in [0.15, 0.2) is 0 Å². The minimum Gasteiger partial charge on any atom is -0.317 e. The van der Waals surface area contributed by atoms with E-state index in [-0.39, 0.29) is 6.04 Å². The van der Waals surface area contributed by atoms with Gasteiger partial charge in [-0.3, -0.25) is 0 Å². The number of nitrogens with one attached hydrogen (secondary N) is 3. The molecular weight excluding hydrogens is 406 g/mol. The van der Waals surface area contributed by atoms with Crippen LogP contribution in [-0.2, 0) is 16.6 Å². The largest absolute Gasteiger partial charge is 0.317 e. The lowest BCUT2D eigenvalue weighted by Gasteiger charge is -2.31. The average molecular weight is 438 g/mol. The Balaban J connectivity index is 1.56. The molecule has 1 unspecified atom stereocenters. The first kappa shape index (κ1) is 22.0. The van der Waals surface area contributed by atoms with Crippen molar-refractivity contribution in [1.82, 2.24) is 15.4 Å². The first-order valence-electron chi connectivity index (χ1n) is 11.0. The fourth-order valence-electron chi connectivity index (χ4n) is 4.44. The van der Waals surface area contributed by atoms with Gasteiger partial charge in [0, 0.05) is 24.5 Å². The molecule has 5 nitrogen and oxygen atoms in total. The number of aryl methyl sites for hydroxylation is 1. The molecule has 0 aromatic heterocycles. The van der Waals surface area contributed by atoms with Crippen LogP contribution >= 0.6 is 0 Å². The highest BCUT2D eigenvalue weighted by molar-refractivity contribution is 7.89. The Morgan fingerprint density at radius 1 is 0.935 bits per heavy atom. The van der Waals surface area contributed by atoms with Crippen molar-refractivity contribution in [1.29, 1.82) is 0 Å². The lowest BCUT2D eigenvalue weighted by Crippen LogP contribution is -2.49. The Labute approximate surface area is 185 Å². The van der Waals surface area contributed by atoms with Gasteiger partial charge in [0.1, 0.15) is 0 Å². The van der Waals surface area contributed by atoms with Gasteiger partial charge >= 0.3 is 0 Å². The predicted molar refractivity (Wildman–Crippen MR) is 127 cm³/mol. The van der Waals surface area contributed by atoms with Crippen molar-refractivity contribution >= 4 is 20.8 Å². The zero-order valence-electron chi connectivity index (χ0n) is 18.0. The number of fused-ring (bicyclic) bond motifs is 1. The molecule has 6 heteroatoms. The van der Waals surface area contributed by atoms with Crippen LogP contribution in [0, 0.1) is 12.8 Å². The molecule has 1 heterocycles. The molecule has 3 aromatic rings. The first-order valence-corrected chi connectivity index (χ1v) is 12.5. The standard InChI is InChI=1S/C25H31N3O2S/c1-19-11-12-25(23-10-6-5-9-22(19)23)31(29,30)28-24(21-13-15-26-16-14-21)18-27-17-20-7-3-2-4-8-20/h2-12,21,24,26-28H,13-18H2,1H3. The van der Waals surface area contributed by atoms with E-state index in [1.807, 2.05) is 55.5 Å². The summed E-state index contributed by atoms with van der Waals surface area (Å²) in [5, 5.41) is 8.60. The third-order valence-corrected chi connectivity index (χ3v) is 7.74. The van der Waals surface area contributed by atoms with E-state index < -0.39 is 10.0 Å². The van der Waals surface area contributed by atoms with Crippen molar-refractivity contribution in [3.63, 3.8) is 0 Å². The average Bonchev–Trinajstić information content (AvgIpc) is 2.80. The highest BCUT2D eigenvalue weighted by atomic mass is 32.2. The van der Waals surface area contributed by atoms with Crippen LogP contribution in [-0.4, -0.2) is 34.1 Å². The monoisotopic (exact) mass is 437 g/mol. The fourth-order valence-corrected chi connectivity index (χ4v) is 5.95. The summed E-state index contributed by atoms with van der Waals surface area (Å²) in [5.74, 6) is 0.302. The van der Waals surface area contributed by atoms with Crippen molar-refractivity contribution in [2.75, 3.05) is 19.6 Å². The van der Waals surface area contributed by atoms with Crippen molar-refractivity contribution in [3.05, 3.63) is 77.9 Å². The maximum atomic E-state index is 13.5. The third kappa shape index (κ3) is 5.33. The molecule has 1 fully saturated rings. The first-order chi connectivity index (χ1) is 15.0. The van der Waals surface area contributed by atoms with Gasteiger partial charge in [-0.15, -0.1) is 0 Å². The lowest BCUT2D eigenvalue weighted by atomic mass is 9.91. The van der Waals surface area contributed by atoms with E-state index in [1.165, 1.54) is 5.56 Å². The lowest BCUT2D eigenvalue weighted by molar-refractivity contribution is 0.295. The van der Waals surface area contributed by atoms with Crippen molar-refractivity contribution in [3.8, 4) is 0 Å². The van der Waals surface area contributed by atoms with Crippen molar-refractivity contribution in [2.24, 2.45) is 5.92 Å². The van der Waals surface area contributed by atoms with E-state index in [4.69, 9.17) is 0 Å². The number of hydrogen-bond donors (Lipinski definition) is 3. The molecule has 1 aliphatic heterocycles. The van der Waals surface area contributed by atoms with Crippen molar-refractivity contribution < 1.29 is 8.42 Å². The summed E-state index contributed by atoms with van der Waals surface area (Å²) in [6.07, 6.45) is 1.93. The molecule has 0 amide bonds. The number of benzene rings is 3. The van der Waals surface area contributed by atoms with Crippen LogP contribution in [0.25, 0.3) is 10.8 Å². The zero-order chi connectivity index (χ0) is 21.7. The molecule has 0 saturated carbocycles. The number of hydrogen-bond acceptors (Lipinski definition) is 4. The fraction of sp³-hybridized carbons (Fsp3) is 0.360. The Morgan fingerprint density at radius 3 is 2.35 bits per heavy atom. The molecule has 3 aromatic carbocycles. The number of piperidine rings is 1. The highest BCUT2D eigenvalue weighted by Crippen LogP contribution is 2.27. The molecule has 1 atom stereocenters. The molecule has 0 radical (unpaired) electrons. The van der Waals surface area contributed by atoms with Gasteiger partial charge in [0.2, 0.25) is 10.0 Å². The van der Waals surface area contributed by atoms with Crippen LogP contribution in [0.4, 0.5) is 0 Å². The SMILES string of the molecule is Cc1ccc(S(=O)(=O)NC(CNCc2ccccc2)C2CCNCC2)c2ccccc12. The van der Waals surface area contributed by atoms with E-state index in [0.29, 0.717) is 17.4 Å². The molecule has 0 spiro atoms. The van der Waals surface area contributed by atoms with Crippen LogP contribution in [0.3, 0.4) is 0 Å². The minimum absolute atomic E-state index is 0.157. The summed E-state index contributed by atoms with van der Waals surface area (Å²) < 4.78 is 30.0. The van der Waals surface area contributed by atoms with Crippen LogP contribution in [0.2, 0.25) is 0 Å². The third-order valence-electron chi connectivity index (χ3n) is 6.19. The van der Waals surface area contributed by atoms with Gasteiger partial charge in [-0.05, 0) is 61.4 Å². The van der Waals surface area contributed by atoms with E-state index in [9.17, 15) is 8.42 Å². The Kier molecular flexibility index (Phi) is 7.02. The van der Waals surface area contributed by atoms with Gasteiger partial charge in [-0.1, -0.05) is 60.7 Å². The molecule has 0 aliphatic carbocycles. The van der Waals surface area contributed by atoms with Crippen LogP contribution in [0.1, 0.15) is 24.0 Å². The number of rotatable bonds is 8. The molecule has 1 saturated heterocycles. The summed E-state index contributed by atoms with van der Waals surface area (Å²) in [6.45, 7) is 5.18. The smallest absolute Gasteiger partial charge is 0.241 e. The molecule has 0 bridgehead atoms. The molecule has 4 rings (SSSR count). The summed E-state index contributed by atoms with van der Waals surface area (Å²) in [7, 11) is -3.66. The van der Waals surface area contributed by atoms with Gasteiger partial charge in [-0.2, -0.15) is 0 Å². The molecule has 3 N–H and O–H groups in total. The minimum atomic E-state index is -3.66. The molecule has 31 heavy (non-hydrogen) atoms. The quantitative estimate of drug-likeness (QED) is 0.504. The normalized spacial score (nSPS) is 16.4. The van der Waals surface area contributed by atoms with Crippen LogP contribution in [0.5, 0.6) is 0 Å². The highest BCUT2D eigenvalue weighted by Gasteiger charge is 2.29. The van der Waals surface area contributed by atoms with Gasteiger partial charge in [0.05, 0.1) is 4.90 Å². The van der Waals surface area contributed by atoms with Crippen molar-refractivity contribution in [2.45, 2.75) is 37.2 Å². The Hall–Kier alpha value is -2.25. The van der Waals surface area contributed by atoms with Crippen LogP contribution < -0.4 is 15.4 Å². The van der Waals surface area contributed by atoms with Gasteiger partial charge < -0.3 is 10.6 Å². The summed E-state index contributed by atoms with van der Waals surface area (Å²) in [6, 6.07) is 21.4. The molecular formula is C25H31N3O2S.